The number of amides is 1. The summed E-state index contributed by atoms with van der Waals surface area (Å²) in [6, 6.07) is 8.95. The second-order valence-corrected chi connectivity index (χ2v) is 9.11. The fraction of sp³-hybridized carbons (Fsp3) is 0.273. The van der Waals surface area contributed by atoms with Gasteiger partial charge in [-0.1, -0.05) is 17.8 Å². The van der Waals surface area contributed by atoms with Gasteiger partial charge in [0.25, 0.3) is 0 Å². The lowest BCUT2D eigenvalue weighted by molar-refractivity contribution is -0.123. The summed E-state index contributed by atoms with van der Waals surface area (Å²) in [4.78, 5) is 20.8. The molecule has 0 fully saturated rings. The molecule has 0 aliphatic carbocycles. The number of pyridine rings is 1. The predicted octanol–water partition coefficient (Wildman–Crippen LogP) is 3.73. The molecule has 1 amide bonds. The number of carbonyl (C=O) groups is 1. The second-order valence-electron chi connectivity index (χ2n) is 7.59. The second kappa shape index (κ2) is 8.47. The van der Waals surface area contributed by atoms with E-state index in [1.807, 2.05) is 6.07 Å². The standard InChI is InChI=1S/C22H21F2N5OS/c1-21(12-22(2,19(30)27-3)31-20(26)29-21)15-8-13(4-6-16(15)23)9-17(24)18-7-5-14(10-25)11-28-18/h4-9,11H,12H2,1-3H3,(H2,26,29)(H,27,30)/b17-9-/t21-,22-/m0/s1. The molecular weight excluding hydrogens is 420 g/mol. The summed E-state index contributed by atoms with van der Waals surface area (Å²) in [5.74, 6) is -1.40. The number of nitrogens with zero attached hydrogens (tertiary/aromatic N) is 3. The van der Waals surface area contributed by atoms with Gasteiger partial charge in [-0.05, 0) is 49.8 Å². The van der Waals surface area contributed by atoms with Crippen LogP contribution in [0.4, 0.5) is 8.78 Å². The minimum absolute atomic E-state index is 0.0552. The minimum atomic E-state index is -1.12. The molecule has 9 heteroatoms. The van der Waals surface area contributed by atoms with Crippen molar-refractivity contribution >= 4 is 34.7 Å². The molecular formula is C22H21F2N5OS. The van der Waals surface area contributed by atoms with Crippen LogP contribution in [0.5, 0.6) is 0 Å². The summed E-state index contributed by atoms with van der Waals surface area (Å²) < 4.78 is 28.6. The molecule has 3 N–H and O–H groups in total. The molecule has 1 aliphatic heterocycles. The highest BCUT2D eigenvalue weighted by molar-refractivity contribution is 8.15. The molecule has 0 spiro atoms. The third-order valence-electron chi connectivity index (χ3n) is 5.08. The number of amidine groups is 1. The lowest BCUT2D eigenvalue weighted by Crippen LogP contribution is -2.49. The zero-order valence-electron chi connectivity index (χ0n) is 17.2. The van der Waals surface area contributed by atoms with E-state index in [9.17, 15) is 13.6 Å². The molecule has 2 heterocycles. The Morgan fingerprint density at radius 3 is 2.71 bits per heavy atom. The minimum Gasteiger partial charge on any atom is -0.378 e. The van der Waals surface area contributed by atoms with E-state index >= 15 is 0 Å². The van der Waals surface area contributed by atoms with E-state index in [4.69, 9.17) is 11.0 Å². The lowest BCUT2D eigenvalue weighted by atomic mass is 9.82. The van der Waals surface area contributed by atoms with Gasteiger partial charge in [-0.15, -0.1) is 0 Å². The summed E-state index contributed by atoms with van der Waals surface area (Å²) in [6.07, 6.45) is 2.70. The number of hydrogen-bond donors (Lipinski definition) is 2. The molecule has 1 aliphatic rings. The van der Waals surface area contributed by atoms with Gasteiger partial charge in [0.15, 0.2) is 5.17 Å². The van der Waals surface area contributed by atoms with Crippen molar-refractivity contribution in [1.29, 1.82) is 5.26 Å². The Balaban J connectivity index is 2.01. The zero-order chi connectivity index (χ0) is 22.8. The van der Waals surface area contributed by atoms with Gasteiger partial charge >= 0.3 is 0 Å². The van der Waals surface area contributed by atoms with Crippen LogP contribution in [0.1, 0.15) is 42.7 Å². The third kappa shape index (κ3) is 4.59. The van der Waals surface area contributed by atoms with Gasteiger partial charge in [0.2, 0.25) is 5.91 Å². The first-order valence-electron chi connectivity index (χ1n) is 9.40. The van der Waals surface area contributed by atoms with Crippen LogP contribution in [0.25, 0.3) is 11.9 Å². The Hall–Kier alpha value is -3.25. The van der Waals surface area contributed by atoms with Crippen molar-refractivity contribution in [2.24, 2.45) is 10.7 Å². The smallest absolute Gasteiger partial charge is 0.236 e. The highest BCUT2D eigenvalue weighted by Gasteiger charge is 2.47. The number of carbonyl (C=O) groups excluding carboxylic acids is 1. The number of rotatable bonds is 4. The first kappa shape index (κ1) is 22.4. The Labute approximate surface area is 183 Å². The molecule has 3 rings (SSSR count). The first-order chi connectivity index (χ1) is 14.6. The largest absolute Gasteiger partial charge is 0.378 e. The van der Waals surface area contributed by atoms with Crippen LogP contribution < -0.4 is 11.1 Å². The van der Waals surface area contributed by atoms with E-state index in [0.717, 1.165) is 11.8 Å². The highest BCUT2D eigenvalue weighted by atomic mass is 32.2. The van der Waals surface area contributed by atoms with E-state index < -0.39 is 21.9 Å². The van der Waals surface area contributed by atoms with E-state index in [0.29, 0.717) is 11.1 Å². The summed E-state index contributed by atoms with van der Waals surface area (Å²) in [6.45, 7) is 3.43. The van der Waals surface area contributed by atoms with Gasteiger partial charge in [0.05, 0.1) is 16.8 Å². The van der Waals surface area contributed by atoms with Crippen molar-refractivity contribution in [2.45, 2.75) is 30.6 Å². The molecule has 1 aromatic carbocycles. The third-order valence-corrected chi connectivity index (χ3v) is 6.16. The molecule has 2 aromatic rings. The molecule has 2 atom stereocenters. The topological polar surface area (TPSA) is 104 Å². The Bertz CT molecular complexity index is 1130. The quantitative estimate of drug-likeness (QED) is 0.752. The van der Waals surface area contributed by atoms with E-state index in [2.05, 4.69) is 15.3 Å². The molecule has 0 saturated heterocycles. The van der Waals surface area contributed by atoms with Crippen LogP contribution in [0.3, 0.4) is 0 Å². The highest BCUT2D eigenvalue weighted by Crippen LogP contribution is 2.46. The number of nitriles is 1. The molecule has 6 nitrogen and oxygen atoms in total. The Kier molecular flexibility index (Phi) is 6.13. The van der Waals surface area contributed by atoms with E-state index in [1.165, 1.54) is 49.7 Å². The monoisotopic (exact) mass is 441 g/mol. The van der Waals surface area contributed by atoms with Crippen LogP contribution in [-0.2, 0) is 10.3 Å². The van der Waals surface area contributed by atoms with Crippen molar-refractivity contribution in [3.63, 3.8) is 0 Å². The maximum absolute atomic E-state index is 14.8. The van der Waals surface area contributed by atoms with Crippen molar-refractivity contribution in [1.82, 2.24) is 10.3 Å². The summed E-state index contributed by atoms with van der Waals surface area (Å²) in [7, 11) is 1.53. The average molecular weight is 442 g/mol. The lowest BCUT2D eigenvalue weighted by Gasteiger charge is -2.40. The van der Waals surface area contributed by atoms with Crippen molar-refractivity contribution in [2.75, 3.05) is 7.05 Å². The van der Waals surface area contributed by atoms with Crippen molar-refractivity contribution in [3.05, 3.63) is 64.7 Å². The van der Waals surface area contributed by atoms with Gasteiger partial charge in [0, 0.05) is 25.2 Å². The average Bonchev–Trinajstić information content (AvgIpc) is 2.73. The maximum Gasteiger partial charge on any atom is 0.236 e. The molecule has 1 aromatic heterocycles. The molecule has 160 valence electrons. The number of thioether (sulfide) groups is 1. The van der Waals surface area contributed by atoms with Gasteiger partial charge in [0.1, 0.15) is 22.5 Å². The van der Waals surface area contributed by atoms with Crippen molar-refractivity contribution in [3.8, 4) is 6.07 Å². The number of aliphatic imine (C=N–C) groups is 1. The summed E-state index contributed by atoms with van der Waals surface area (Å²) in [5.41, 5.74) is 5.85. The van der Waals surface area contributed by atoms with Crippen molar-refractivity contribution < 1.29 is 13.6 Å². The normalized spacial score (nSPS) is 23.6. The summed E-state index contributed by atoms with van der Waals surface area (Å²) >= 11 is 1.13. The van der Waals surface area contributed by atoms with Crippen LogP contribution in [0, 0.1) is 17.1 Å². The molecule has 0 saturated carbocycles. The SMILES string of the molecule is CNC(=O)[C@]1(C)C[C@@](C)(c2cc(/C=C(\F)c3ccc(C#N)cn3)ccc2F)N=C(N)S1. The zero-order valence-corrected chi connectivity index (χ0v) is 18.1. The number of aromatic nitrogens is 1. The Morgan fingerprint density at radius 2 is 2.10 bits per heavy atom. The fourth-order valence-electron chi connectivity index (χ4n) is 3.64. The number of benzene rings is 1. The number of hydrogen-bond acceptors (Lipinski definition) is 6. The first-order valence-corrected chi connectivity index (χ1v) is 10.2. The molecule has 0 radical (unpaired) electrons. The predicted molar refractivity (Wildman–Crippen MR) is 118 cm³/mol. The van der Waals surface area contributed by atoms with Gasteiger partial charge in [-0.25, -0.2) is 8.78 Å². The summed E-state index contributed by atoms with van der Waals surface area (Å²) in [5, 5.41) is 11.6. The fourth-order valence-corrected chi connectivity index (χ4v) is 4.90. The van der Waals surface area contributed by atoms with E-state index in [-0.39, 0.29) is 28.8 Å². The number of nitrogens with one attached hydrogen (secondary N) is 1. The molecule has 31 heavy (non-hydrogen) atoms. The number of nitrogens with two attached hydrogens (primary N) is 1. The van der Waals surface area contributed by atoms with Crippen LogP contribution in [-0.4, -0.2) is 27.9 Å². The van der Waals surface area contributed by atoms with Gasteiger partial charge in [-0.3, -0.25) is 14.8 Å². The number of halogens is 2. The molecule has 0 unspecified atom stereocenters. The van der Waals surface area contributed by atoms with Crippen LogP contribution in [0.2, 0.25) is 0 Å². The van der Waals surface area contributed by atoms with Gasteiger partial charge < -0.3 is 11.1 Å². The van der Waals surface area contributed by atoms with Crippen LogP contribution >= 0.6 is 11.8 Å². The maximum atomic E-state index is 14.8. The van der Waals surface area contributed by atoms with Gasteiger partial charge in [-0.2, -0.15) is 5.26 Å². The molecule has 0 bridgehead atoms. The Morgan fingerprint density at radius 1 is 1.35 bits per heavy atom. The van der Waals surface area contributed by atoms with Crippen LogP contribution in [0.15, 0.2) is 41.5 Å². The van der Waals surface area contributed by atoms with E-state index in [1.54, 1.807) is 13.8 Å².